The first-order valence-corrected chi connectivity index (χ1v) is 10.0. The molecule has 0 bridgehead atoms. The van der Waals surface area contributed by atoms with Gasteiger partial charge < -0.3 is 10.4 Å². The third kappa shape index (κ3) is 3.51. The highest BCUT2D eigenvalue weighted by atomic mass is 32.3. The molecule has 0 fully saturated rings. The number of hydrogen-bond donors (Lipinski definition) is 4. The van der Waals surface area contributed by atoms with Crippen LogP contribution in [0.4, 0.5) is 21.5 Å². The lowest BCUT2D eigenvalue weighted by atomic mass is 10.2. The van der Waals surface area contributed by atoms with E-state index in [4.69, 9.17) is 0 Å². The molecular weight excluding hydrogens is 357 g/mol. The van der Waals surface area contributed by atoms with Crippen LogP contribution >= 0.6 is 11.0 Å². The van der Waals surface area contributed by atoms with Gasteiger partial charge in [-0.05, 0) is 48.2 Å². The zero-order valence-corrected chi connectivity index (χ0v) is 15.4. The molecule has 1 atom stereocenters. The smallest absolute Gasteiger partial charge is 0.148 e. The van der Waals surface area contributed by atoms with Crippen LogP contribution in [-0.2, 0) is 0 Å². The second-order valence-corrected chi connectivity index (χ2v) is 7.86. The summed E-state index contributed by atoms with van der Waals surface area (Å²) in [6.45, 7) is 3.37. The highest BCUT2D eigenvalue weighted by Crippen LogP contribution is 2.64. The van der Waals surface area contributed by atoms with Gasteiger partial charge in [0.25, 0.3) is 0 Å². The summed E-state index contributed by atoms with van der Waals surface area (Å²) in [5.41, 5.74) is 1.24. The Morgan fingerprint density at radius 2 is 1.65 bits per heavy atom. The number of aliphatic hydroxyl groups excluding tert-OH is 1. The van der Waals surface area contributed by atoms with E-state index in [-0.39, 0.29) is 12.2 Å². The lowest BCUT2D eigenvalue weighted by Crippen LogP contribution is -2.35. The van der Waals surface area contributed by atoms with Crippen LogP contribution < -0.4 is 13.9 Å². The van der Waals surface area contributed by atoms with Gasteiger partial charge in [0, 0.05) is 13.1 Å². The number of benzene rings is 2. The molecular formula is C18H24FN3O3S. The van der Waals surface area contributed by atoms with Crippen LogP contribution in [0.1, 0.15) is 13.3 Å². The van der Waals surface area contributed by atoms with E-state index in [0.29, 0.717) is 24.3 Å². The van der Waals surface area contributed by atoms with Crippen LogP contribution in [0.5, 0.6) is 0 Å². The van der Waals surface area contributed by atoms with E-state index >= 15 is 0 Å². The fraction of sp³-hybridized carbons (Fsp3) is 0.333. The van der Waals surface area contributed by atoms with Crippen molar-refractivity contribution >= 4 is 28.0 Å². The Balaban J connectivity index is 1.91. The first-order valence-electron chi connectivity index (χ1n) is 8.55. The molecule has 0 aliphatic carbocycles. The number of halogens is 1. The summed E-state index contributed by atoms with van der Waals surface area (Å²) in [4.78, 5) is 0. The van der Waals surface area contributed by atoms with Crippen LogP contribution in [0.2, 0.25) is 0 Å². The normalized spacial score (nSPS) is 17.9. The molecule has 1 aliphatic rings. The molecule has 8 heteroatoms. The lowest BCUT2D eigenvalue weighted by Gasteiger charge is -2.44. The van der Waals surface area contributed by atoms with E-state index in [9.17, 15) is 18.6 Å². The minimum Gasteiger partial charge on any atom is -0.392 e. The molecule has 3 rings (SSSR count). The molecule has 0 saturated heterocycles. The monoisotopic (exact) mass is 381 g/mol. The van der Waals surface area contributed by atoms with E-state index in [1.807, 2.05) is 6.92 Å². The third-order valence-corrected chi connectivity index (χ3v) is 6.13. The summed E-state index contributed by atoms with van der Waals surface area (Å²) < 4.78 is 38.9. The summed E-state index contributed by atoms with van der Waals surface area (Å²) in [6.07, 6.45) is -0.262. The molecule has 6 nitrogen and oxygen atoms in total. The molecule has 0 radical (unpaired) electrons. The molecule has 0 saturated carbocycles. The maximum atomic E-state index is 14.3. The lowest BCUT2D eigenvalue weighted by molar-refractivity contribution is 0.165. The molecule has 1 aliphatic heterocycles. The maximum Gasteiger partial charge on any atom is 0.148 e. The van der Waals surface area contributed by atoms with Gasteiger partial charge in [-0.3, -0.25) is 13.4 Å². The number of rotatable bonds is 7. The number of aliphatic hydroxyl groups is 1. The fourth-order valence-electron chi connectivity index (χ4n) is 3.01. The predicted molar refractivity (Wildman–Crippen MR) is 104 cm³/mol. The Morgan fingerprint density at radius 3 is 2.31 bits per heavy atom. The summed E-state index contributed by atoms with van der Waals surface area (Å²) in [5.74, 6) is -0.531. The number of fused-ring (bicyclic) bond motifs is 1. The SMILES string of the molecule is CCNC[C@@H](O)CCN1c2ccccc2N(c2ccccc2F)S1(O)O. The third-order valence-electron chi connectivity index (χ3n) is 4.28. The van der Waals surface area contributed by atoms with Crippen molar-refractivity contribution in [2.24, 2.45) is 0 Å². The molecule has 26 heavy (non-hydrogen) atoms. The molecule has 0 amide bonds. The zero-order valence-electron chi connectivity index (χ0n) is 14.5. The fourth-order valence-corrected chi connectivity index (χ4v) is 4.81. The average Bonchev–Trinajstić information content (AvgIpc) is 2.85. The molecule has 0 unspecified atom stereocenters. The van der Waals surface area contributed by atoms with E-state index in [1.165, 1.54) is 20.7 Å². The molecule has 0 aromatic heterocycles. The van der Waals surface area contributed by atoms with Gasteiger partial charge in [0.05, 0.1) is 17.5 Å². The summed E-state index contributed by atoms with van der Waals surface area (Å²) in [7, 11) is -3.48. The second-order valence-electron chi connectivity index (χ2n) is 6.08. The van der Waals surface area contributed by atoms with Crippen molar-refractivity contribution < 1.29 is 18.6 Å². The van der Waals surface area contributed by atoms with Gasteiger partial charge in [0.2, 0.25) is 0 Å². The number of anilines is 3. The molecule has 2 aromatic rings. The first-order chi connectivity index (χ1) is 12.5. The Bertz CT molecular complexity index is 762. The maximum absolute atomic E-state index is 14.3. The van der Waals surface area contributed by atoms with Crippen molar-refractivity contribution in [3.8, 4) is 0 Å². The Morgan fingerprint density at radius 1 is 1.04 bits per heavy atom. The van der Waals surface area contributed by atoms with Crippen LogP contribution in [0.3, 0.4) is 0 Å². The summed E-state index contributed by atoms with van der Waals surface area (Å²) >= 11 is 0. The largest absolute Gasteiger partial charge is 0.392 e. The van der Waals surface area contributed by atoms with Crippen molar-refractivity contribution in [3.05, 3.63) is 54.3 Å². The van der Waals surface area contributed by atoms with E-state index in [0.717, 1.165) is 6.54 Å². The van der Waals surface area contributed by atoms with Crippen molar-refractivity contribution in [2.45, 2.75) is 19.4 Å². The quantitative estimate of drug-likeness (QED) is 0.585. The van der Waals surface area contributed by atoms with Crippen LogP contribution in [-0.4, -0.2) is 40.0 Å². The summed E-state index contributed by atoms with van der Waals surface area (Å²) in [6, 6.07) is 13.1. The second kappa shape index (κ2) is 7.81. The van der Waals surface area contributed by atoms with E-state index in [2.05, 4.69) is 5.32 Å². The number of likely N-dealkylation sites (N-methyl/N-ethyl adjacent to an activating group) is 1. The van der Waals surface area contributed by atoms with Crippen LogP contribution in [0.25, 0.3) is 0 Å². The van der Waals surface area contributed by atoms with Gasteiger partial charge in [-0.25, -0.2) is 8.70 Å². The molecule has 0 spiro atoms. The van der Waals surface area contributed by atoms with Gasteiger partial charge >= 0.3 is 0 Å². The zero-order chi connectivity index (χ0) is 18.7. The topological polar surface area (TPSA) is 79.2 Å². The standard InChI is InChI=1S/C18H24FN3O3S/c1-2-20-13-14(23)11-12-21-17-9-5-6-10-18(17)22(26(21,24)25)16-8-4-3-7-15(16)19/h3-10,14,20,23-25H,2,11-13H2,1H3/t14-/m0/s1. The highest BCUT2D eigenvalue weighted by Gasteiger charge is 2.42. The minimum absolute atomic E-state index is 0.107. The van der Waals surface area contributed by atoms with Gasteiger partial charge in [0.1, 0.15) is 11.5 Å². The highest BCUT2D eigenvalue weighted by molar-refractivity contribution is 8.27. The minimum atomic E-state index is -3.48. The van der Waals surface area contributed by atoms with Crippen molar-refractivity contribution in [3.63, 3.8) is 0 Å². The number of para-hydroxylation sites is 3. The van der Waals surface area contributed by atoms with Crippen molar-refractivity contribution in [2.75, 3.05) is 28.2 Å². The average molecular weight is 381 g/mol. The van der Waals surface area contributed by atoms with Crippen LogP contribution in [0, 0.1) is 5.82 Å². The number of hydrogen-bond acceptors (Lipinski definition) is 6. The molecule has 4 N–H and O–H groups in total. The Labute approximate surface area is 154 Å². The van der Waals surface area contributed by atoms with E-state index < -0.39 is 22.9 Å². The van der Waals surface area contributed by atoms with Crippen molar-refractivity contribution in [1.82, 2.24) is 5.32 Å². The van der Waals surface area contributed by atoms with Gasteiger partial charge in [0.15, 0.2) is 0 Å². The number of nitrogens with one attached hydrogen (secondary N) is 1. The van der Waals surface area contributed by atoms with Gasteiger partial charge in [-0.15, -0.1) is 0 Å². The summed E-state index contributed by atoms with van der Waals surface area (Å²) in [5, 5.41) is 13.1. The molecule has 2 aromatic carbocycles. The molecule has 142 valence electrons. The predicted octanol–water partition coefficient (Wildman–Crippen LogP) is 3.72. The van der Waals surface area contributed by atoms with E-state index in [1.54, 1.807) is 36.4 Å². The van der Waals surface area contributed by atoms with Crippen molar-refractivity contribution in [1.29, 1.82) is 0 Å². The van der Waals surface area contributed by atoms with Gasteiger partial charge in [-0.1, -0.05) is 31.2 Å². The Kier molecular flexibility index (Phi) is 5.69. The van der Waals surface area contributed by atoms with Crippen LogP contribution in [0.15, 0.2) is 48.5 Å². The Hall–Kier alpha value is -1.84. The molecule has 1 heterocycles. The van der Waals surface area contributed by atoms with Gasteiger partial charge in [-0.2, -0.15) is 0 Å². The first kappa shape index (κ1) is 18.9. The number of nitrogens with zero attached hydrogens (tertiary/aromatic N) is 2.